The van der Waals surface area contributed by atoms with Crippen molar-refractivity contribution in [2.24, 2.45) is 0 Å². The van der Waals surface area contributed by atoms with Crippen LogP contribution in [0.15, 0.2) is 27.0 Å². The van der Waals surface area contributed by atoms with Gasteiger partial charge in [-0.05, 0) is 34.5 Å². The van der Waals surface area contributed by atoms with Gasteiger partial charge in [0.1, 0.15) is 10.0 Å². The van der Waals surface area contributed by atoms with E-state index in [0.717, 1.165) is 16.1 Å². The van der Waals surface area contributed by atoms with Crippen LogP contribution in [0.3, 0.4) is 0 Å². The van der Waals surface area contributed by atoms with Crippen LogP contribution in [-0.4, -0.2) is 18.3 Å². The third kappa shape index (κ3) is 3.31. The average Bonchev–Trinajstić information content (AvgIpc) is 2.77. The molecule has 0 radical (unpaired) electrons. The fourth-order valence-electron chi connectivity index (χ4n) is 1.43. The number of anilines is 2. The Balaban J connectivity index is 2.36. The van der Waals surface area contributed by atoms with Crippen LogP contribution in [0.1, 0.15) is 5.56 Å². The van der Waals surface area contributed by atoms with Crippen LogP contribution in [0.4, 0.5) is 16.5 Å². The van der Waals surface area contributed by atoms with Crippen molar-refractivity contribution in [2.75, 3.05) is 10.5 Å². The van der Waals surface area contributed by atoms with Crippen molar-refractivity contribution in [1.82, 2.24) is 4.98 Å². The molecule has 0 atom stereocenters. The maximum absolute atomic E-state index is 12.2. The number of pyridine rings is 1. The molecule has 112 valence electrons. The average molecular weight is 393 g/mol. The Kier molecular flexibility index (Phi) is 4.16. The third-order valence-corrected chi connectivity index (χ3v) is 6.08. The minimum absolute atomic E-state index is 0.116. The molecule has 0 unspecified atom stereocenters. The summed E-state index contributed by atoms with van der Waals surface area (Å²) >= 11 is 3.88. The van der Waals surface area contributed by atoms with E-state index in [1.165, 1.54) is 12.3 Å². The third-order valence-electron chi connectivity index (χ3n) is 2.46. The molecule has 11 heteroatoms. The van der Waals surface area contributed by atoms with Crippen molar-refractivity contribution >= 4 is 53.8 Å². The van der Waals surface area contributed by atoms with Gasteiger partial charge in [-0.1, -0.05) is 11.3 Å². The smallest absolute Gasteiger partial charge is 0.304 e. The fraction of sp³-hybridized carbons (Fsp3) is 0.100. The Morgan fingerprint density at radius 3 is 2.67 bits per heavy atom. The molecule has 2 heterocycles. The lowest BCUT2D eigenvalue weighted by Crippen LogP contribution is -2.12. The number of thiophene rings is 1. The molecule has 2 aromatic rings. The lowest BCUT2D eigenvalue weighted by Gasteiger charge is -2.06. The van der Waals surface area contributed by atoms with Gasteiger partial charge in [0.2, 0.25) is 0 Å². The molecule has 3 N–H and O–H groups in total. The number of nitrogens with two attached hydrogens (primary N) is 1. The molecule has 0 spiro atoms. The van der Waals surface area contributed by atoms with Crippen LogP contribution in [0.25, 0.3) is 0 Å². The highest BCUT2D eigenvalue weighted by molar-refractivity contribution is 9.10. The summed E-state index contributed by atoms with van der Waals surface area (Å²) in [6.45, 7) is 1.78. The van der Waals surface area contributed by atoms with Crippen molar-refractivity contribution in [3.63, 3.8) is 0 Å². The van der Waals surface area contributed by atoms with Crippen LogP contribution in [0.5, 0.6) is 0 Å². The number of aryl methyl sites for hydroxylation is 1. The standard InChI is InChI=1S/C10H9BrN4O4S2/c1-5-2-8(13-4-6(5)11)14-21(18,19)9-3-7(15(16)17)10(12)20-9/h2-4H,12H2,1H3,(H,13,14). The van der Waals surface area contributed by atoms with Gasteiger partial charge in [-0.2, -0.15) is 0 Å². The first-order valence-corrected chi connectivity index (χ1v) is 8.48. The zero-order chi connectivity index (χ0) is 15.8. The van der Waals surface area contributed by atoms with Crippen LogP contribution in [0.2, 0.25) is 0 Å². The number of sulfonamides is 1. The molecular formula is C10H9BrN4O4S2. The van der Waals surface area contributed by atoms with Gasteiger partial charge in [-0.25, -0.2) is 13.4 Å². The van der Waals surface area contributed by atoms with E-state index in [-0.39, 0.29) is 15.0 Å². The quantitative estimate of drug-likeness (QED) is 0.607. The van der Waals surface area contributed by atoms with Crippen molar-refractivity contribution in [3.05, 3.63) is 38.5 Å². The Labute approximate surface area is 132 Å². The molecule has 2 aromatic heterocycles. The van der Waals surface area contributed by atoms with Crippen molar-refractivity contribution in [3.8, 4) is 0 Å². The summed E-state index contributed by atoms with van der Waals surface area (Å²) in [6.07, 6.45) is 1.46. The maximum Gasteiger partial charge on any atom is 0.304 e. The Hall–Kier alpha value is -1.72. The van der Waals surface area contributed by atoms with E-state index < -0.39 is 20.6 Å². The molecule has 0 aliphatic heterocycles. The van der Waals surface area contributed by atoms with E-state index in [2.05, 4.69) is 25.6 Å². The number of nitrogens with one attached hydrogen (secondary N) is 1. The number of hydrogen-bond acceptors (Lipinski definition) is 7. The van der Waals surface area contributed by atoms with Crippen LogP contribution in [-0.2, 0) is 10.0 Å². The fourth-order valence-corrected chi connectivity index (χ4v) is 3.86. The lowest BCUT2D eigenvalue weighted by atomic mass is 10.3. The second kappa shape index (κ2) is 5.58. The Bertz CT molecular complexity index is 818. The summed E-state index contributed by atoms with van der Waals surface area (Å²) in [5, 5.41) is 10.5. The van der Waals surface area contributed by atoms with Gasteiger partial charge in [-0.15, -0.1) is 0 Å². The van der Waals surface area contributed by atoms with Crippen molar-refractivity contribution in [1.29, 1.82) is 0 Å². The van der Waals surface area contributed by atoms with Crippen molar-refractivity contribution < 1.29 is 13.3 Å². The van der Waals surface area contributed by atoms with E-state index in [1.54, 1.807) is 6.92 Å². The molecule has 0 aromatic carbocycles. The van der Waals surface area contributed by atoms with E-state index in [1.807, 2.05) is 0 Å². The summed E-state index contributed by atoms with van der Waals surface area (Å²) in [5.41, 5.74) is 5.80. The van der Waals surface area contributed by atoms with Gasteiger partial charge < -0.3 is 5.73 Å². The zero-order valence-corrected chi connectivity index (χ0v) is 13.8. The Morgan fingerprint density at radius 2 is 2.14 bits per heavy atom. The number of rotatable bonds is 4. The molecule has 0 bridgehead atoms. The van der Waals surface area contributed by atoms with Crippen LogP contribution < -0.4 is 10.5 Å². The number of nitrogen functional groups attached to an aromatic ring is 1. The molecular weight excluding hydrogens is 384 g/mol. The molecule has 0 saturated carbocycles. The summed E-state index contributed by atoms with van der Waals surface area (Å²) in [5.74, 6) is 0.116. The van der Waals surface area contributed by atoms with E-state index >= 15 is 0 Å². The number of hydrogen-bond donors (Lipinski definition) is 2. The van der Waals surface area contributed by atoms with Crippen LogP contribution in [0, 0.1) is 17.0 Å². The van der Waals surface area contributed by atoms with E-state index in [4.69, 9.17) is 5.73 Å². The number of nitro groups is 1. The number of halogens is 1. The summed E-state index contributed by atoms with van der Waals surface area (Å²) in [4.78, 5) is 13.9. The van der Waals surface area contributed by atoms with Gasteiger partial charge in [-0.3, -0.25) is 14.8 Å². The number of aromatic nitrogens is 1. The summed E-state index contributed by atoms with van der Waals surface area (Å²) in [6, 6.07) is 2.46. The predicted octanol–water partition coefficient (Wildman–Crippen LogP) is 2.51. The lowest BCUT2D eigenvalue weighted by molar-refractivity contribution is -0.383. The van der Waals surface area contributed by atoms with Gasteiger partial charge in [0.05, 0.1) is 4.92 Å². The molecule has 2 rings (SSSR count). The Morgan fingerprint density at radius 1 is 1.48 bits per heavy atom. The monoisotopic (exact) mass is 392 g/mol. The number of nitrogens with zero attached hydrogens (tertiary/aromatic N) is 2. The zero-order valence-electron chi connectivity index (χ0n) is 10.5. The second-order valence-corrected chi connectivity index (χ2v) is 7.84. The predicted molar refractivity (Wildman–Crippen MR) is 82.9 cm³/mol. The van der Waals surface area contributed by atoms with Crippen molar-refractivity contribution in [2.45, 2.75) is 11.1 Å². The second-order valence-electron chi connectivity index (χ2n) is 4.00. The minimum atomic E-state index is -3.97. The van der Waals surface area contributed by atoms with Gasteiger partial charge in [0, 0.05) is 16.7 Å². The summed E-state index contributed by atoms with van der Waals surface area (Å²) in [7, 11) is -3.97. The molecule has 21 heavy (non-hydrogen) atoms. The molecule has 0 fully saturated rings. The molecule has 0 amide bonds. The van der Waals surface area contributed by atoms with Gasteiger partial charge in [0.25, 0.3) is 10.0 Å². The molecule has 0 saturated heterocycles. The van der Waals surface area contributed by atoms with Gasteiger partial charge in [0.15, 0.2) is 5.00 Å². The largest absolute Gasteiger partial charge is 0.385 e. The minimum Gasteiger partial charge on any atom is -0.385 e. The molecule has 0 aliphatic carbocycles. The topological polar surface area (TPSA) is 128 Å². The first kappa shape index (κ1) is 15.7. The first-order chi connectivity index (χ1) is 9.70. The van der Waals surface area contributed by atoms with E-state index in [0.29, 0.717) is 11.3 Å². The molecule has 8 nitrogen and oxygen atoms in total. The van der Waals surface area contributed by atoms with Crippen LogP contribution >= 0.6 is 27.3 Å². The normalized spacial score (nSPS) is 11.3. The highest BCUT2D eigenvalue weighted by Crippen LogP contribution is 2.35. The van der Waals surface area contributed by atoms with E-state index in [9.17, 15) is 18.5 Å². The highest BCUT2D eigenvalue weighted by Gasteiger charge is 2.25. The highest BCUT2D eigenvalue weighted by atomic mass is 79.9. The SMILES string of the molecule is Cc1cc(NS(=O)(=O)c2cc([N+](=O)[O-])c(N)s2)ncc1Br. The van der Waals surface area contributed by atoms with Gasteiger partial charge >= 0.3 is 5.69 Å². The molecule has 0 aliphatic rings. The first-order valence-electron chi connectivity index (χ1n) is 5.39. The summed E-state index contributed by atoms with van der Waals surface area (Å²) < 4.78 is 27.1. The maximum atomic E-state index is 12.2.